The van der Waals surface area contributed by atoms with E-state index in [-0.39, 0.29) is 0 Å². The normalized spacial score (nSPS) is 13.7. The molecule has 1 aliphatic heterocycles. The first-order valence-electron chi connectivity index (χ1n) is 5.10. The number of fused-ring (bicyclic) bond motifs is 1. The fourth-order valence-corrected chi connectivity index (χ4v) is 1.49. The van der Waals surface area contributed by atoms with Crippen molar-refractivity contribution in [2.24, 2.45) is 4.99 Å². The first kappa shape index (κ1) is 10.8. The molecule has 0 saturated heterocycles. The maximum atomic E-state index is 4.39. The first-order valence-corrected chi connectivity index (χ1v) is 5.10. The highest BCUT2D eigenvalue weighted by molar-refractivity contribution is 6.04. The second-order valence-corrected chi connectivity index (χ2v) is 3.10. The third-order valence-electron chi connectivity index (χ3n) is 2.23. The van der Waals surface area contributed by atoms with Crippen LogP contribution in [-0.2, 0) is 0 Å². The molecule has 0 N–H and O–H groups in total. The zero-order valence-corrected chi connectivity index (χ0v) is 9.41. The predicted molar refractivity (Wildman–Crippen MR) is 63.3 cm³/mol. The molecule has 76 valence electrons. The van der Waals surface area contributed by atoms with Gasteiger partial charge in [-0.25, -0.2) is 0 Å². The Balaban J connectivity index is 0.000000461. The minimum atomic E-state index is 0.781. The van der Waals surface area contributed by atoms with Crippen molar-refractivity contribution in [1.82, 2.24) is 0 Å². The van der Waals surface area contributed by atoms with Gasteiger partial charge < -0.3 is 4.90 Å². The van der Waals surface area contributed by atoms with Gasteiger partial charge in [-0.3, -0.25) is 4.99 Å². The predicted octanol–water partition coefficient (Wildman–Crippen LogP) is 2.93. The Hall–Kier alpha value is -1.31. The summed E-state index contributed by atoms with van der Waals surface area (Å²) >= 11 is 0. The summed E-state index contributed by atoms with van der Waals surface area (Å²) in [4.78, 5) is 6.55. The molecule has 2 heteroatoms. The molecule has 0 amide bonds. The molecule has 1 heterocycles. The van der Waals surface area contributed by atoms with Crippen LogP contribution in [-0.4, -0.2) is 19.4 Å². The minimum Gasteiger partial charge on any atom is -0.355 e. The number of aliphatic imine (C=N–C) groups is 1. The summed E-state index contributed by atoms with van der Waals surface area (Å²) in [7, 11) is 2.06. The van der Waals surface area contributed by atoms with E-state index < -0.39 is 0 Å². The summed E-state index contributed by atoms with van der Waals surface area (Å²) in [5.74, 6) is 0. The highest BCUT2D eigenvalue weighted by Crippen LogP contribution is 2.22. The van der Waals surface area contributed by atoms with Gasteiger partial charge >= 0.3 is 0 Å². The van der Waals surface area contributed by atoms with Gasteiger partial charge in [0, 0.05) is 24.0 Å². The summed E-state index contributed by atoms with van der Waals surface area (Å²) < 4.78 is 0. The van der Waals surface area contributed by atoms with Crippen LogP contribution in [0.15, 0.2) is 29.3 Å². The van der Waals surface area contributed by atoms with Crippen LogP contribution in [0.1, 0.15) is 26.3 Å². The third kappa shape index (κ3) is 1.95. The second-order valence-electron chi connectivity index (χ2n) is 3.10. The minimum absolute atomic E-state index is 0.781. The van der Waals surface area contributed by atoms with Crippen molar-refractivity contribution in [3.63, 3.8) is 0 Å². The first-order chi connectivity index (χ1) is 6.79. The zero-order chi connectivity index (χ0) is 10.6. The van der Waals surface area contributed by atoms with Crippen LogP contribution < -0.4 is 4.90 Å². The molecule has 2 rings (SSSR count). The van der Waals surface area contributed by atoms with Crippen molar-refractivity contribution < 1.29 is 0 Å². The molecule has 0 aliphatic carbocycles. The van der Waals surface area contributed by atoms with Crippen LogP contribution in [0.3, 0.4) is 0 Å². The monoisotopic (exact) mass is 190 g/mol. The molecule has 0 radical (unpaired) electrons. The molecule has 1 aliphatic rings. The molecule has 0 aromatic heterocycles. The van der Waals surface area contributed by atoms with E-state index in [9.17, 15) is 0 Å². The average Bonchev–Trinajstić information content (AvgIpc) is 2.27. The zero-order valence-electron chi connectivity index (χ0n) is 9.41. The Kier molecular flexibility index (Phi) is 3.69. The van der Waals surface area contributed by atoms with Gasteiger partial charge in [-0.2, -0.15) is 0 Å². The largest absolute Gasteiger partial charge is 0.355 e. The topological polar surface area (TPSA) is 15.6 Å². The number of para-hydroxylation sites is 1. The van der Waals surface area contributed by atoms with Crippen molar-refractivity contribution >= 4 is 11.4 Å². The quantitative estimate of drug-likeness (QED) is 0.614. The van der Waals surface area contributed by atoms with Gasteiger partial charge in [0.15, 0.2) is 0 Å². The van der Waals surface area contributed by atoms with Gasteiger partial charge in [0.2, 0.25) is 0 Å². The lowest BCUT2D eigenvalue weighted by Gasteiger charge is -2.24. The standard InChI is InChI=1S/C10H12N2.C2H6/c1-8-9-5-3-4-6-10(9)12(2)7-11-8;1-2/h3-6H,7H2,1-2H3;1-2H3. The summed E-state index contributed by atoms with van der Waals surface area (Å²) in [5, 5.41) is 0. The number of hydrogen-bond donors (Lipinski definition) is 0. The summed E-state index contributed by atoms with van der Waals surface area (Å²) in [5.41, 5.74) is 3.68. The number of benzene rings is 1. The van der Waals surface area contributed by atoms with E-state index in [1.165, 1.54) is 11.3 Å². The number of rotatable bonds is 0. The molecule has 0 unspecified atom stereocenters. The average molecular weight is 190 g/mol. The van der Waals surface area contributed by atoms with Crippen LogP contribution in [0.25, 0.3) is 0 Å². The van der Waals surface area contributed by atoms with Crippen molar-refractivity contribution in [2.45, 2.75) is 20.8 Å². The van der Waals surface area contributed by atoms with Gasteiger partial charge in [0.1, 0.15) is 6.67 Å². The van der Waals surface area contributed by atoms with Crippen molar-refractivity contribution in [1.29, 1.82) is 0 Å². The maximum Gasteiger partial charge on any atom is 0.110 e. The van der Waals surface area contributed by atoms with E-state index in [1.54, 1.807) is 0 Å². The van der Waals surface area contributed by atoms with Crippen LogP contribution >= 0.6 is 0 Å². The van der Waals surface area contributed by atoms with Gasteiger partial charge in [0.25, 0.3) is 0 Å². The van der Waals surface area contributed by atoms with Crippen molar-refractivity contribution in [3.8, 4) is 0 Å². The fourth-order valence-electron chi connectivity index (χ4n) is 1.49. The Bertz CT molecular complexity index is 329. The van der Waals surface area contributed by atoms with Gasteiger partial charge in [-0.1, -0.05) is 32.0 Å². The van der Waals surface area contributed by atoms with Crippen LogP contribution in [0.4, 0.5) is 5.69 Å². The number of nitrogens with zero attached hydrogens (tertiary/aromatic N) is 2. The molecular formula is C12H18N2. The SMILES string of the molecule is CC.CC1=NCN(C)c2ccccc21. The Morgan fingerprint density at radius 3 is 2.50 bits per heavy atom. The lowest BCUT2D eigenvalue weighted by atomic mass is 10.1. The van der Waals surface area contributed by atoms with E-state index in [2.05, 4.69) is 48.1 Å². The second kappa shape index (κ2) is 4.80. The van der Waals surface area contributed by atoms with Crippen molar-refractivity contribution in [3.05, 3.63) is 29.8 Å². The molecule has 14 heavy (non-hydrogen) atoms. The Morgan fingerprint density at radius 1 is 1.21 bits per heavy atom. The smallest absolute Gasteiger partial charge is 0.110 e. The van der Waals surface area contributed by atoms with E-state index >= 15 is 0 Å². The Labute approximate surface area is 86.3 Å². The summed E-state index contributed by atoms with van der Waals surface area (Å²) in [6, 6.07) is 8.36. The third-order valence-corrected chi connectivity index (χ3v) is 2.23. The van der Waals surface area contributed by atoms with Crippen LogP contribution in [0, 0.1) is 0 Å². The maximum absolute atomic E-state index is 4.39. The fraction of sp³-hybridized carbons (Fsp3) is 0.417. The van der Waals surface area contributed by atoms with Crippen molar-refractivity contribution in [2.75, 3.05) is 18.6 Å². The molecule has 0 spiro atoms. The lowest BCUT2D eigenvalue weighted by Crippen LogP contribution is -2.24. The molecule has 0 bridgehead atoms. The summed E-state index contributed by atoms with van der Waals surface area (Å²) in [6.45, 7) is 6.84. The molecule has 0 atom stereocenters. The van der Waals surface area contributed by atoms with Crippen LogP contribution in [0.2, 0.25) is 0 Å². The van der Waals surface area contributed by atoms with Gasteiger partial charge in [0.05, 0.1) is 0 Å². The number of hydrogen-bond acceptors (Lipinski definition) is 2. The Morgan fingerprint density at radius 2 is 1.86 bits per heavy atom. The highest BCUT2D eigenvalue weighted by atomic mass is 15.2. The molecular weight excluding hydrogens is 172 g/mol. The highest BCUT2D eigenvalue weighted by Gasteiger charge is 2.12. The molecule has 2 nitrogen and oxygen atoms in total. The molecule has 1 aromatic carbocycles. The van der Waals surface area contributed by atoms with E-state index in [4.69, 9.17) is 0 Å². The summed E-state index contributed by atoms with van der Waals surface area (Å²) in [6.07, 6.45) is 0. The van der Waals surface area contributed by atoms with E-state index in [1.807, 2.05) is 13.8 Å². The van der Waals surface area contributed by atoms with Gasteiger partial charge in [-0.05, 0) is 13.0 Å². The van der Waals surface area contributed by atoms with Gasteiger partial charge in [-0.15, -0.1) is 0 Å². The van der Waals surface area contributed by atoms with Crippen LogP contribution in [0.5, 0.6) is 0 Å². The van der Waals surface area contributed by atoms with E-state index in [0.717, 1.165) is 12.4 Å². The lowest BCUT2D eigenvalue weighted by molar-refractivity contribution is 0.915. The molecule has 0 fully saturated rings. The molecule has 0 saturated carbocycles. The van der Waals surface area contributed by atoms with E-state index in [0.29, 0.717) is 0 Å². The number of anilines is 1. The molecule has 1 aromatic rings.